The Morgan fingerprint density at radius 1 is 0.889 bits per heavy atom. The summed E-state index contributed by atoms with van der Waals surface area (Å²) in [6, 6.07) is 16.2. The molecule has 0 aliphatic heterocycles. The highest BCUT2D eigenvalue weighted by molar-refractivity contribution is 5.71. The number of aromatic nitrogens is 1. The Labute approximate surface area is 159 Å². The van der Waals surface area contributed by atoms with E-state index in [1.165, 1.54) is 5.56 Å². The molecule has 0 fully saturated rings. The zero-order chi connectivity index (χ0) is 19.2. The quantitative estimate of drug-likeness (QED) is 0.659. The zero-order valence-electron chi connectivity index (χ0n) is 16.1. The third-order valence-electron chi connectivity index (χ3n) is 4.36. The van der Waals surface area contributed by atoms with Gasteiger partial charge in [-0.1, -0.05) is 23.8 Å². The second kappa shape index (κ2) is 8.45. The first-order valence-corrected chi connectivity index (χ1v) is 8.71. The second-order valence-electron chi connectivity index (χ2n) is 6.14. The van der Waals surface area contributed by atoms with E-state index in [1.54, 1.807) is 27.5 Å². The van der Waals surface area contributed by atoms with E-state index in [0.29, 0.717) is 23.8 Å². The second-order valence-corrected chi connectivity index (χ2v) is 6.14. The van der Waals surface area contributed by atoms with Crippen LogP contribution in [0.5, 0.6) is 17.2 Å². The van der Waals surface area contributed by atoms with Crippen molar-refractivity contribution in [2.45, 2.75) is 13.5 Å². The van der Waals surface area contributed by atoms with Gasteiger partial charge in [-0.2, -0.15) is 0 Å². The van der Waals surface area contributed by atoms with Gasteiger partial charge in [0.05, 0.1) is 27.0 Å². The third-order valence-corrected chi connectivity index (χ3v) is 4.36. The fourth-order valence-electron chi connectivity index (χ4n) is 2.93. The topological polar surface area (TPSA) is 52.6 Å². The number of aryl methyl sites for hydroxylation is 1. The predicted molar refractivity (Wildman–Crippen MR) is 108 cm³/mol. The molecule has 3 rings (SSSR count). The maximum atomic E-state index is 5.47. The Morgan fingerprint density at radius 3 is 2.15 bits per heavy atom. The molecule has 0 atom stereocenters. The Morgan fingerprint density at radius 2 is 1.56 bits per heavy atom. The maximum Gasteiger partial charge on any atom is 0.203 e. The number of ether oxygens (including phenoxy) is 3. The van der Waals surface area contributed by atoms with Crippen molar-refractivity contribution in [2.24, 2.45) is 0 Å². The summed E-state index contributed by atoms with van der Waals surface area (Å²) in [5.74, 6) is 1.78. The largest absolute Gasteiger partial charge is 0.493 e. The van der Waals surface area contributed by atoms with E-state index in [9.17, 15) is 0 Å². The summed E-state index contributed by atoms with van der Waals surface area (Å²) in [4.78, 5) is 4.59. The molecular weight excluding hydrogens is 340 g/mol. The molecule has 0 unspecified atom stereocenters. The number of nitrogens with one attached hydrogen (secondary N) is 1. The molecule has 0 aliphatic rings. The maximum absolute atomic E-state index is 5.47. The molecule has 2 aromatic carbocycles. The molecule has 0 radical (unpaired) electrons. The van der Waals surface area contributed by atoms with Crippen molar-refractivity contribution in [1.29, 1.82) is 0 Å². The lowest BCUT2D eigenvalue weighted by atomic mass is 10.0. The van der Waals surface area contributed by atoms with Gasteiger partial charge in [0.1, 0.15) is 0 Å². The van der Waals surface area contributed by atoms with Crippen LogP contribution >= 0.6 is 0 Å². The van der Waals surface area contributed by atoms with Crippen LogP contribution in [0.4, 0.5) is 5.69 Å². The average Bonchev–Trinajstić information content (AvgIpc) is 2.72. The minimum atomic E-state index is 0.569. The Hall–Kier alpha value is -3.21. The van der Waals surface area contributed by atoms with Crippen LogP contribution in [0, 0.1) is 6.92 Å². The molecule has 0 amide bonds. The van der Waals surface area contributed by atoms with E-state index >= 15 is 0 Å². The van der Waals surface area contributed by atoms with Gasteiger partial charge in [0.25, 0.3) is 0 Å². The van der Waals surface area contributed by atoms with Gasteiger partial charge < -0.3 is 19.5 Å². The lowest BCUT2D eigenvalue weighted by Gasteiger charge is -2.16. The van der Waals surface area contributed by atoms with Crippen LogP contribution in [0.2, 0.25) is 0 Å². The van der Waals surface area contributed by atoms with Crippen molar-refractivity contribution in [2.75, 3.05) is 26.6 Å². The molecule has 0 saturated carbocycles. The standard InChI is InChI=1S/C22H24N2O3/c1-15-7-9-18(10-8-15)24-14-16-6-5-11-23-21(16)17-12-19(25-2)22(27-4)20(13-17)26-3/h5-13,24H,14H2,1-4H3. The van der Waals surface area contributed by atoms with Gasteiger partial charge in [0.2, 0.25) is 5.75 Å². The molecule has 0 aliphatic carbocycles. The highest BCUT2D eigenvalue weighted by Crippen LogP contribution is 2.41. The van der Waals surface area contributed by atoms with Crippen LogP contribution in [0.1, 0.15) is 11.1 Å². The first-order valence-electron chi connectivity index (χ1n) is 8.71. The number of nitrogens with zero attached hydrogens (tertiary/aromatic N) is 1. The van der Waals surface area contributed by atoms with Crippen LogP contribution in [0.15, 0.2) is 54.7 Å². The molecule has 0 spiro atoms. The number of benzene rings is 2. The van der Waals surface area contributed by atoms with E-state index in [-0.39, 0.29) is 0 Å². The van der Waals surface area contributed by atoms with E-state index in [0.717, 1.165) is 22.5 Å². The third kappa shape index (κ3) is 4.14. The highest BCUT2D eigenvalue weighted by Gasteiger charge is 2.16. The Balaban J connectivity index is 1.94. The van der Waals surface area contributed by atoms with Gasteiger partial charge in [-0.05, 0) is 42.8 Å². The number of rotatable bonds is 7. The fourth-order valence-corrected chi connectivity index (χ4v) is 2.93. The molecule has 5 nitrogen and oxygen atoms in total. The lowest BCUT2D eigenvalue weighted by molar-refractivity contribution is 0.324. The molecule has 0 saturated heterocycles. The normalized spacial score (nSPS) is 10.4. The summed E-state index contributed by atoms with van der Waals surface area (Å²) >= 11 is 0. The molecular formula is C22H24N2O3. The minimum absolute atomic E-state index is 0.569. The SMILES string of the molecule is COc1cc(-c2ncccc2CNc2ccc(C)cc2)cc(OC)c1OC. The minimum Gasteiger partial charge on any atom is -0.493 e. The van der Waals surface area contributed by atoms with E-state index in [1.807, 2.05) is 18.2 Å². The van der Waals surface area contributed by atoms with Crippen LogP contribution < -0.4 is 19.5 Å². The number of hydrogen-bond donors (Lipinski definition) is 1. The number of pyridine rings is 1. The van der Waals surface area contributed by atoms with E-state index < -0.39 is 0 Å². The molecule has 1 aromatic heterocycles. The van der Waals surface area contributed by atoms with Gasteiger partial charge in [-0.15, -0.1) is 0 Å². The Bertz CT molecular complexity index is 883. The molecule has 27 heavy (non-hydrogen) atoms. The van der Waals surface area contributed by atoms with Gasteiger partial charge in [0.15, 0.2) is 11.5 Å². The summed E-state index contributed by atoms with van der Waals surface area (Å²) in [7, 11) is 4.82. The zero-order valence-corrected chi connectivity index (χ0v) is 16.1. The van der Waals surface area contributed by atoms with Crippen molar-refractivity contribution in [3.05, 3.63) is 65.9 Å². The van der Waals surface area contributed by atoms with Crippen molar-refractivity contribution in [1.82, 2.24) is 4.98 Å². The molecule has 3 aromatic rings. The average molecular weight is 364 g/mol. The van der Waals surface area contributed by atoms with Gasteiger partial charge in [0, 0.05) is 24.0 Å². The van der Waals surface area contributed by atoms with Crippen molar-refractivity contribution < 1.29 is 14.2 Å². The van der Waals surface area contributed by atoms with Crippen LogP contribution in [-0.4, -0.2) is 26.3 Å². The molecule has 140 valence electrons. The summed E-state index contributed by atoms with van der Waals surface area (Å²) in [5, 5.41) is 3.45. The van der Waals surface area contributed by atoms with E-state index in [4.69, 9.17) is 14.2 Å². The van der Waals surface area contributed by atoms with Crippen LogP contribution in [-0.2, 0) is 6.54 Å². The van der Waals surface area contributed by atoms with Crippen molar-refractivity contribution in [3.63, 3.8) is 0 Å². The van der Waals surface area contributed by atoms with Gasteiger partial charge in [-0.3, -0.25) is 4.98 Å². The monoisotopic (exact) mass is 364 g/mol. The summed E-state index contributed by atoms with van der Waals surface area (Å²) in [6.07, 6.45) is 1.79. The predicted octanol–water partition coefficient (Wildman–Crippen LogP) is 4.69. The van der Waals surface area contributed by atoms with Crippen LogP contribution in [0.25, 0.3) is 11.3 Å². The van der Waals surface area contributed by atoms with Crippen LogP contribution in [0.3, 0.4) is 0 Å². The fraction of sp³-hybridized carbons (Fsp3) is 0.227. The summed E-state index contributed by atoms with van der Waals surface area (Å²) in [6.45, 7) is 2.73. The molecule has 0 bridgehead atoms. The molecule has 1 N–H and O–H groups in total. The van der Waals surface area contributed by atoms with E-state index in [2.05, 4.69) is 47.6 Å². The van der Waals surface area contributed by atoms with Crippen molar-refractivity contribution >= 4 is 5.69 Å². The smallest absolute Gasteiger partial charge is 0.203 e. The number of hydrogen-bond acceptors (Lipinski definition) is 5. The number of anilines is 1. The lowest BCUT2D eigenvalue weighted by Crippen LogP contribution is -2.03. The summed E-state index contributed by atoms with van der Waals surface area (Å²) < 4.78 is 16.4. The first kappa shape index (κ1) is 18.6. The molecule has 1 heterocycles. The van der Waals surface area contributed by atoms with Crippen molar-refractivity contribution in [3.8, 4) is 28.5 Å². The Kier molecular flexibility index (Phi) is 5.81. The highest BCUT2D eigenvalue weighted by atomic mass is 16.5. The van der Waals surface area contributed by atoms with Gasteiger partial charge >= 0.3 is 0 Å². The first-order chi connectivity index (χ1) is 13.2. The number of methoxy groups -OCH3 is 3. The van der Waals surface area contributed by atoms with Gasteiger partial charge in [-0.25, -0.2) is 0 Å². The molecule has 5 heteroatoms. The summed E-state index contributed by atoms with van der Waals surface area (Å²) in [5.41, 5.74) is 5.16.